The topological polar surface area (TPSA) is 64.3 Å². The summed E-state index contributed by atoms with van der Waals surface area (Å²) in [7, 11) is 1.56. The molecule has 0 aliphatic heterocycles. The van der Waals surface area contributed by atoms with Crippen LogP contribution in [0.25, 0.3) is 0 Å². The van der Waals surface area contributed by atoms with Crippen LogP contribution in [0.4, 0.5) is 5.69 Å². The predicted molar refractivity (Wildman–Crippen MR) is 82.6 cm³/mol. The van der Waals surface area contributed by atoms with Gasteiger partial charge in [0.25, 0.3) is 5.91 Å². The maximum atomic E-state index is 12.0. The van der Waals surface area contributed by atoms with Crippen LogP contribution in [0.15, 0.2) is 23.6 Å². The molecule has 20 heavy (non-hydrogen) atoms. The summed E-state index contributed by atoms with van der Waals surface area (Å²) < 4.78 is 5.09. The minimum absolute atomic E-state index is 0.178. The van der Waals surface area contributed by atoms with Gasteiger partial charge in [-0.3, -0.25) is 4.79 Å². The predicted octanol–water partition coefficient (Wildman–Crippen LogP) is 3.23. The third kappa shape index (κ3) is 3.05. The molecule has 0 aliphatic rings. The highest BCUT2D eigenvalue weighted by Gasteiger charge is 2.14. The van der Waals surface area contributed by atoms with Gasteiger partial charge in [-0.25, -0.2) is 0 Å². The zero-order chi connectivity index (χ0) is 14.7. The van der Waals surface area contributed by atoms with Gasteiger partial charge in [-0.1, -0.05) is 17.7 Å². The van der Waals surface area contributed by atoms with Gasteiger partial charge in [-0.2, -0.15) is 0 Å². The number of halogens is 1. The Morgan fingerprint density at radius 2 is 2.25 bits per heavy atom. The van der Waals surface area contributed by atoms with Crippen molar-refractivity contribution < 1.29 is 9.53 Å². The molecule has 0 aliphatic carbocycles. The van der Waals surface area contributed by atoms with E-state index >= 15 is 0 Å². The Kier molecular flexibility index (Phi) is 4.52. The first-order valence-corrected chi connectivity index (χ1v) is 7.23. The first-order valence-electron chi connectivity index (χ1n) is 5.97. The van der Waals surface area contributed by atoms with Crippen molar-refractivity contribution >= 4 is 34.5 Å². The van der Waals surface area contributed by atoms with Crippen LogP contribution in [0.2, 0.25) is 5.02 Å². The Balaban J connectivity index is 2.03. The molecule has 1 amide bonds. The Morgan fingerprint density at radius 3 is 2.80 bits per heavy atom. The Bertz CT molecular complexity index is 640. The van der Waals surface area contributed by atoms with Crippen LogP contribution in [-0.4, -0.2) is 13.0 Å². The molecule has 0 saturated heterocycles. The van der Waals surface area contributed by atoms with Crippen molar-refractivity contribution in [2.75, 3.05) is 12.8 Å². The Labute approximate surface area is 126 Å². The van der Waals surface area contributed by atoms with Crippen molar-refractivity contribution in [3.05, 3.63) is 44.6 Å². The maximum absolute atomic E-state index is 12.0. The van der Waals surface area contributed by atoms with Gasteiger partial charge in [-0.05, 0) is 35.6 Å². The van der Waals surface area contributed by atoms with E-state index in [4.69, 9.17) is 22.1 Å². The van der Waals surface area contributed by atoms with Crippen LogP contribution in [0.1, 0.15) is 20.8 Å². The van der Waals surface area contributed by atoms with E-state index in [2.05, 4.69) is 5.32 Å². The molecule has 0 spiro atoms. The Morgan fingerprint density at radius 1 is 1.50 bits per heavy atom. The first-order chi connectivity index (χ1) is 9.52. The first kappa shape index (κ1) is 14.7. The molecule has 1 heterocycles. The molecule has 0 fully saturated rings. The summed E-state index contributed by atoms with van der Waals surface area (Å²) in [5.41, 5.74) is 8.18. The minimum Gasteiger partial charge on any atom is -0.495 e. The van der Waals surface area contributed by atoms with Gasteiger partial charge >= 0.3 is 0 Å². The molecule has 0 unspecified atom stereocenters. The number of hydrogen-bond donors (Lipinski definition) is 2. The fraction of sp³-hybridized carbons (Fsp3) is 0.214. The van der Waals surface area contributed by atoms with Crippen molar-refractivity contribution in [2.24, 2.45) is 0 Å². The van der Waals surface area contributed by atoms with Crippen molar-refractivity contribution in [3.8, 4) is 5.75 Å². The van der Waals surface area contributed by atoms with Gasteiger partial charge in [0.05, 0.1) is 17.8 Å². The number of methoxy groups -OCH3 is 1. The number of benzene rings is 1. The lowest BCUT2D eigenvalue weighted by Gasteiger charge is -2.08. The molecule has 1 aromatic heterocycles. The van der Waals surface area contributed by atoms with E-state index in [0.29, 0.717) is 27.9 Å². The van der Waals surface area contributed by atoms with Gasteiger partial charge in [0.1, 0.15) is 10.6 Å². The van der Waals surface area contributed by atoms with Crippen molar-refractivity contribution in [1.82, 2.24) is 5.32 Å². The summed E-state index contributed by atoms with van der Waals surface area (Å²) >= 11 is 7.40. The monoisotopic (exact) mass is 310 g/mol. The standard InChI is InChI=1S/C14H15ClN2O2S/c1-8-7-20-13(12(8)15)14(18)17-6-9-3-4-11(19-2)10(16)5-9/h3-5,7H,6,16H2,1-2H3,(H,17,18). The van der Waals surface area contributed by atoms with Crippen LogP contribution < -0.4 is 15.8 Å². The van der Waals surface area contributed by atoms with E-state index in [-0.39, 0.29) is 5.91 Å². The van der Waals surface area contributed by atoms with Crippen LogP contribution >= 0.6 is 22.9 Å². The molecule has 1 aromatic carbocycles. The molecule has 0 bridgehead atoms. The highest BCUT2D eigenvalue weighted by Crippen LogP contribution is 2.27. The highest BCUT2D eigenvalue weighted by atomic mass is 35.5. The lowest BCUT2D eigenvalue weighted by Crippen LogP contribution is -2.22. The van der Waals surface area contributed by atoms with Crippen LogP contribution in [0, 0.1) is 6.92 Å². The SMILES string of the molecule is COc1ccc(CNC(=O)c2scc(C)c2Cl)cc1N. The highest BCUT2D eigenvalue weighted by molar-refractivity contribution is 7.13. The number of rotatable bonds is 4. The van der Waals surface area contributed by atoms with Gasteiger partial charge in [0.2, 0.25) is 0 Å². The van der Waals surface area contributed by atoms with Gasteiger partial charge in [0.15, 0.2) is 0 Å². The number of carbonyl (C=O) groups excluding carboxylic acids is 1. The van der Waals surface area contributed by atoms with E-state index in [1.807, 2.05) is 18.4 Å². The van der Waals surface area contributed by atoms with E-state index in [0.717, 1.165) is 11.1 Å². The minimum atomic E-state index is -0.178. The smallest absolute Gasteiger partial charge is 0.263 e. The number of carbonyl (C=O) groups is 1. The molecular formula is C14H15ClN2O2S. The largest absolute Gasteiger partial charge is 0.495 e. The van der Waals surface area contributed by atoms with E-state index < -0.39 is 0 Å². The van der Waals surface area contributed by atoms with Crippen LogP contribution in [0.3, 0.4) is 0 Å². The molecule has 6 heteroatoms. The van der Waals surface area contributed by atoms with Crippen LogP contribution in [0.5, 0.6) is 5.75 Å². The molecule has 0 radical (unpaired) electrons. The lowest BCUT2D eigenvalue weighted by molar-refractivity contribution is 0.0955. The average Bonchev–Trinajstić information content (AvgIpc) is 2.76. The number of nitrogen functional groups attached to an aromatic ring is 1. The Hall–Kier alpha value is -1.72. The fourth-order valence-corrected chi connectivity index (χ4v) is 2.93. The molecule has 2 rings (SSSR count). The molecule has 3 N–H and O–H groups in total. The number of ether oxygens (including phenoxy) is 1. The second kappa shape index (κ2) is 6.15. The molecule has 106 valence electrons. The summed E-state index contributed by atoms with van der Waals surface area (Å²) in [5.74, 6) is 0.444. The van der Waals surface area contributed by atoms with E-state index in [9.17, 15) is 4.79 Å². The molecule has 2 aromatic rings. The number of thiophene rings is 1. The van der Waals surface area contributed by atoms with E-state index in [1.165, 1.54) is 11.3 Å². The van der Waals surface area contributed by atoms with Crippen molar-refractivity contribution in [1.29, 1.82) is 0 Å². The second-order valence-corrected chi connectivity index (χ2v) is 5.58. The molecule has 0 atom stereocenters. The normalized spacial score (nSPS) is 10.3. The van der Waals surface area contributed by atoms with Crippen molar-refractivity contribution in [2.45, 2.75) is 13.5 Å². The molecule has 0 saturated carbocycles. The summed E-state index contributed by atoms with van der Waals surface area (Å²) in [6, 6.07) is 5.41. The molecular weight excluding hydrogens is 296 g/mol. The van der Waals surface area contributed by atoms with Crippen LogP contribution in [-0.2, 0) is 6.54 Å². The van der Waals surface area contributed by atoms with Gasteiger partial charge in [0, 0.05) is 6.54 Å². The summed E-state index contributed by atoms with van der Waals surface area (Å²) in [4.78, 5) is 12.6. The fourth-order valence-electron chi connectivity index (χ4n) is 1.74. The van der Waals surface area contributed by atoms with Crippen molar-refractivity contribution in [3.63, 3.8) is 0 Å². The molecule has 4 nitrogen and oxygen atoms in total. The summed E-state index contributed by atoms with van der Waals surface area (Å²) in [6.45, 7) is 2.26. The third-order valence-electron chi connectivity index (χ3n) is 2.85. The third-order valence-corrected chi connectivity index (χ3v) is 4.55. The second-order valence-electron chi connectivity index (χ2n) is 4.32. The number of amides is 1. The number of nitrogens with one attached hydrogen (secondary N) is 1. The summed E-state index contributed by atoms with van der Waals surface area (Å²) in [5, 5.41) is 5.20. The lowest BCUT2D eigenvalue weighted by atomic mass is 10.2. The number of anilines is 1. The summed E-state index contributed by atoms with van der Waals surface area (Å²) in [6.07, 6.45) is 0. The zero-order valence-corrected chi connectivity index (χ0v) is 12.8. The van der Waals surface area contributed by atoms with Gasteiger partial charge in [-0.15, -0.1) is 11.3 Å². The number of hydrogen-bond acceptors (Lipinski definition) is 4. The quantitative estimate of drug-likeness (QED) is 0.852. The van der Waals surface area contributed by atoms with Gasteiger partial charge < -0.3 is 15.8 Å². The number of aryl methyl sites for hydroxylation is 1. The maximum Gasteiger partial charge on any atom is 0.263 e. The zero-order valence-electron chi connectivity index (χ0n) is 11.2. The average molecular weight is 311 g/mol. The van der Waals surface area contributed by atoms with E-state index in [1.54, 1.807) is 19.2 Å². The number of nitrogens with two attached hydrogens (primary N) is 1.